The molecule has 1 rings (SSSR count). The second-order valence-corrected chi connectivity index (χ2v) is 5.95. The Labute approximate surface area is 116 Å². The monoisotopic (exact) mass is 262 g/mol. The van der Waals surface area contributed by atoms with Crippen molar-refractivity contribution in [3.05, 3.63) is 35.4 Å². The van der Waals surface area contributed by atoms with Crippen LogP contribution in [0.2, 0.25) is 0 Å². The summed E-state index contributed by atoms with van der Waals surface area (Å²) in [5.74, 6) is 0. The summed E-state index contributed by atoms with van der Waals surface area (Å²) >= 11 is 0. The molecular formula is C16H26N2O. The largest absolute Gasteiger partial charge is 0.336 e. The van der Waals surface area contributed by atoms with Crippen LogP contribution in [0.25, 0.3) is 0 Å². The van der Waals surface area contributed by atoms with Crippen molar-refractivity contribution in [1.82, 2.24) is 10.6 Å². The maximum atomic E-state index is 11.9. The van der Waals surface area contributed by atoms with Gasteiger partial charge < -0.3 is 10.6 Å². The molecule has 106 valence electrons. The Hall–Kier alpha value is -1.51. The second-order valence-electron chi connectivity index (χ2n) is 5.95. The predicted octanol–water partition coefficient (Wildman–Crippen LogP) is 3.41. The van der Waals surface area contributed by atoms with E-state index in [0.29, 0.717) is 0 Å². The lowest BCUT2D eigenvalue weighted by Crippen LogP contribution is -2.51. The van der Waals surface area contributed by atoms with Gasteiger partial charge in [0.15, 0.2) is 0 Å². The smallest absolute Gasteiger partial charge is 0.315 e. The first-order chi connectivity index (χ1) is 8.82. The normalized spacial score (nSPS) is 12.9. The molecule has 0 aromatic heterocycles. The van der Waals surface area contributed by atoms with Crippen LogP contribution < -0.4 is 10.6 Å². The van der Waals surface area contributed by atoms with Crippen molar-refractivity contribution in [3.63, 3.8) is 0 Å². The highest BCUT2D eigenvalue weighted by molar-refractivity contribution is 5.75. The average molecular weight is 262 g/mol. The van der Waals surface area contributed by atoms with Gasteiger partial charge in [-0.05, 0) is 46.1 Å². The molecule has 0 aliphatic heterocycles. The highest BCUT2D eigenvalue weighted by atomic mass is 16.2. The molecule has 1 aromatic rings. The SMILES string of the molecule is CCC(C)NC(=O)NC(C)(C)Cc1ccc(C)cc1. The quantitative estimate of drug-likeness (QED) is 0.839. The molecule has 0 radical (unpaired) electrons. The molecule has 3 heteroatoms. The molecular weight excluding hydrogens is 236 g/mol. The van der Waals surface area contributed by atoms with Crippen molar-refractivity contribution >= 4 is 6.03 Å². The number of benzene rings is 1. The number of hydrogen-bond acceptors (Lipinski definition) is 1. The van der Waals surface area contributed by atoms with Gasteiger partial charge in [-0.3, -0.25) is 0 Å². The van der Waals surface area contributed by atoms with E-state index in [-0.39, 0.29) is 17.6 Å². The fraction of sp³-hybridized carbons (Fsp3) is 0.562. The molecule has 0 spiro atoms. The number of carbonyl (C=O) groups is 1. The number of urea groups is 1. The van der Waals surface area contributed by atoms with Gasteiger partial charge in [0.1, 0.15) is 0 Å². The average Bonchev–Trinajstić information content (AvgIpc) is 2.30. The molecule has 0 aliphatic rings. The lowest BCUT2D eigenvalue weighted by Gasteiger charge is -2.27. The minimum absolute atomic E-state index is 0.0912. The van der Waals surface area contributed by atoms with Crippen LogP contribution in [0, 0.1) is 6.92 Å². The van der Waals surface area contributed by atoms with Crippen molar-refractivity contribution < 1.29 is 4.79 Å². The lowest BCUT2D eigenvalue weighted by atomic mass is 9.94. The van der Waals surface area contributed by atoms with Gasteiger partial charge in [-0.1, -0.05) is 36.8 Å². The van der Waals surface area contributed by atoms with Gasteiger partial charge in [-0.15, -0.1) is 0 Å². The molecule has 2 amide bonds. The maximum absolute atomic E-state index is 11.9. The third-order valence-electron chi connectivity index (χ3n) is 3.21. The van der Waals surface area contributed by atoms with Crippen molar-refractivity contribution in [2.45, 2.75) is 59.0 Å². The molecule has 19 heavy (non-hydrogen) atoms. The first-order valence-corrected chi connectivity index (χ1v) is 6.96. The highest BCUT2D eigenvalue weighted by Gasteiger charge is 2.21. The minimum Gasteiger partial charge on any atom is -0.336 e. The van der Waals surface area contributed by atoms with Crippen LogP contribution in [-0.2, 0) is 6.42 Å². The Morgan fingerprint density at radius 3 is 2.37 bits per heavy atom. The van der Waals surface area contributed by atoms with Gasteiger partial charge in [0, 0.05) is 11.6 Å². The topological polar surface area (TPSA) is 41.1 Å². The van der Waals surface area contributed by atoms with Gasteiger partial charge in [-0.25, -0.2) is 4.79 Å². The van der Waals surface area contributed by atoms with E-state index in [0.717, 1.165) is 12.8 Å². The fourth-order valence-corrected chi connectivity index (χ4v) is 1.93. The van der Waals surface area contributed by atoms with Gasteiger partial charge in [-0.2, -0.15) is 0 Å². The molecule has 0 saturated carbocycles. The number of carbonyl (C=O) groups excluding carboxylic acids is 1. The van der Waals surface area contributed by atoms with Crippen LogP contribution in [0.1, 0.15) is 45.2 Å². The Morgan fingerprint density at radius 2 is 1.84 bits per heavy atom. The number of nitrogens with one attached hydrogen (secondary N) is 2. The third-order valence-corrected chi connectivity index (χ3v) is 3.21. The molecule has 1 atom stereocenters. The molecule has 2 N–H and O–H groups in total. The van der Waals surface area contributed by atoms with E-state index >= 15 is 0 Å². The molecule has 0 aliphatic carbocycles. The number of hydrogen-bond donors (Lipinski definition) is 2. The van der Waals surface area contributed by atoms with E-state index in [2.05, 4.69) is 48.7 Å². The fourth-order valence-electron chi connectivity index (χ4n) is 1.93. The summed E-state index contributed by atoms with van der Waals surface area (Å²) in [6.45, 7) is 10.2. The Morgan fingerprint density at radius 1 is 1.26 bits per heavy atom. The van der Waals surface area contributed by atoms with Crippen molar-refractivity contribution in [2.24, 2.45) is 0 Å². The predicted molar refractivity (Wildman–Crippen MR) is 80.4 cm³/mol. The molecule has 0 bridgehead atoms. The van der Waals surface area contributed by atoms with Crippen LogP contribution in [0.5, 0.6) is 0 Å². The second kappa shape index (κ2) is 6.60. The van der Waals surface area contributed by atoms with Gasteiger partial charge in [0.25, 0.3) is 0 Å². The zero-order valence-electron chi connectivity index (χ0n) is 12.7. The standard InChI is InChI=1S/C16H26N2O/c1-6-13(3)17-15(19)18-16(4,5)11-14-9-7-12(2)8-10-14/h7-10,13H,6,11H2,1-5H3,(H2,17,18,19). The van der Waals surface area contributed by atoms with E-state index in [1.54, 1.807) is 0 Å². The van der Waals surface area contributed by atoms with Crippen LogP contribution >= 0.6 is 0 Å². The Balaban J connectivity index is 2.55. The first-order valence-electron chi connectivity index (χ1n) is 6.96. The summed E-state index contributed by atoms with van der Waals surface area (Å²) in [5, 5.41) is 5.97. The summed E-state index contributed by atoms with van der Waals surface area (Å²) in [4.78, 5) is 11.9. The Kier molecular flexibility index (Phi) is 5.40. The van der Waals surface area contributed by atoms with E-state index in [1.165, 1.54) is 11.1 Å². The minimum atomic E-state index is -0.257. The molecule has 0 heterocycles. The lowest BCUT2D eigenvalue weighted by molar-refractivity contribution is 0.226. The van der Waals surface area contributed by atoms with Gasteiger partial charge in [0.2, 0.25) is 0 Å². The maximum Gasteiger partial charge on any atom is 0.315 e. The number of rotatable bonds is 5. The first kappa shape index (κ1) is 15.5. The van der Waals surface area contributed by atoms with Crippen LogP contribution in [-0.4, -0.2) is 17.6 Å². The van der Waals surface area contributed by atoms with Gasteiger partial charge in [0.05, 0.1) is 0 Å². The van der Waals surface area contributed by atoms with E-state index in [9.17, 15) is 4.79 Å². The summed E-state index contributed by atoms with van der Waals surface area (Å²) in [6, 6.07) is 8.55. The summed E-state index contributed by atoms with van der Waals surface area (Å²) in [5.41, 5.74) is 2.23. The van der Waals surface area contributed by atoms with Crippen molar-refractivity contribution in [3.8, 4) is 0 Å². The Bertz CT molecular complexity index is 409. The zero-order valence-corrected chi connectivity index (χ0v) is 12.7. The summed E-state index contributed by atoms with van der Waals surface area (Å²) in [6.07, 6.45) is 1.76. The molecule has 3 nitrogen and oxygen atoms in total. The zero-order chi connectivity index (χ0) is 14.5. The molecule has 0 fully saturated rings. The van der Waals surface area contributed by atoms with Crippen LogP contribution in [0.3, 0.4) is 0 Å². The van der Waals surface area contributed by atoms with E-state index in [4.69, 9.17) is 0 Å². The molecule has 1 aromatic carbocycles. The molecule has 1 unspecified atom stereocenters. The summed E-state index contributed by atoms with van der Waals surface area (Å²) < 4.78 is 0. The van der Waals surface area contributed by atoms with E-state index in [1.807, 2.05) is 20.8 Å². The van der Waals surface area contributed by atoms with Gasteiger partial charge >= 0.3 is 6.03 Å². The molecule has 0 saturated heterocycles. The third kappa shape index (κ3) is 5.77. The van der Waals surface area contributed by atoms with Crippen molar-refractivity contribution in [1.29, 1.82) is 0 Å². The highest BCUT2D eigenvalue weighted by Crippen LogP contribution is 2.13. The van der Waals surface area contributed by atoms with E-state index < -0.39 is 0 Å². The van der Waals surface area contributed by atoms with Crippen LogP contribution in [0.15, 0.2) is 24.3 Å². The number of aryl methyl sites for hydroxylation is 1. The van der Waals surface area contributed by atoms with Crippen LogP contribution in [0.4, 0.5) is 4.79 Å². The summed E-state index contributed by atoms with van der Waals surface area (Å²) in [7, 11) is 0. The number of amides is 2. The van der Waals surface area contributed by atoms with Crippen molar-refractivity contribution in [2.75, 3.05) is 0 Å².